The summed E-state index contributed by atoms with van der Waals surface area (Å²) in [5.74, 6) is 1.93. The van der Waals surface area contributed by atoms with Crippen LogP contribution in [0.2, 0.25) is 0 Å². The molecule has 1 N–H and O–H groups in total. The summed E-state index contributed by atoms with van der Waals surface area (Å²) in [6.07, 6.45) is 6.99. The topological polar surface area (TPSA) is 63.6 Å². The summed E-state index contributed by atoms with van der Waals surface area (Å²) in [6, 6.07) is 0. The van der Waals surface area contributed by atoms with Gasteiger partial charge in [0, 0.05) is 25.2 Å². The number of esters is 1. The van der Waals surface area contributed by atoms with Crippen LogP contribution < -0.4 is 0 Å². The molecule has 140 valence electrons. The molecule has 4 aliphatic rings. The number of aliphatic hydroxyl groups is 1. The second kappa shape index (κ2) is 5.80. The molecule has 4 nitrogen and oxygen atoms in total. The Bertz CT molecular complexity index is 586. The van der Waals surface area contributed by atoms with Crippen LogP contribution in [0, 0.1) is 34.5 Å². The third-order valence-corrected chi connectivity index (χ3v) is 8.72. The van der Waals surface area contributed by atoms with Gasteiger partial charge in [-0.1, -0.05) is 13.8 Å². The SMILES string of the molecule is CC(=O)O[C@@H]1CC[C@@H]2[C@@H]3C[C@H](O)[C@H]4CC(=O)CC[C@]4(C)[C@@H]3CC[C@@]21C. The molecule has 4 fully saturated rings. The Hall–Kier alpha value is -0.900. The first-order valence-electron chi connectivity index (χ1n) is 10.1. The first-order chi connectivity index (χ1) is 11.8. The van der Waals surface area contributed by atoms with Gasteiger partial charge >= 0.3 is 5.97 Å². The van der Waals surface area contributed by atoms with Gasteiger partial charge in [-0.3, -0.25) is 9.59 Å². The van der Waals surface area contributed by atoms with E-state index in [2.05, 4.69) is 13.8 Å². The number of ketones is 1. The number of rotatable bonds is 1. The molecule has 0 aromatic carbocycles. The number of aliphatic hydroxyl groups excluding tert-OH is 1. The fourth-order valence-electron chi connectivity index (χ4n) is 7.43. The van der Waals surface area contributed by atoms with Gasteiger partial charge in [0.1, 0.15) is 11.9 Å². The summed E-state index contributed by atoms with van der Waals surface area (Å²) in [5, 5.41) is 10.9. The number of carbonyl (C=O) groups excluding carboxylic acids is 2. The first kappa shape index (κ1) is 17.5. The summed E-state index contributed by atoms with van der Waals surface area (Å²) in [5.41, 5.74) is 0.150. The lowest BCUT2D eigenvalue weighted by molar-refractivity contribution is -0.176. The standard InChI is InChI=1S/C21H32O4/c1-12(22)25-19-5-4-15-14-11-18(24)17-10-13(23)6-8-20(17,2)16(14)7-9-21(15,19)3/h14-19,24H,4-11H2,1-3H3/t14-,15+,16+,17+,18-,19+,20+,21-/m0/s1. The molecular weight excluding hydrogens is 316 g/mol. The second-order valence-corrected chi connectivity index (χ2v) is 9.75. The van der Waals surface area contributed by atoms with E-state index in [0.717, 1.165) is 38.5 Å². The molecule has 4 aliphatic carbocycles. The Kier molecular flexibility index (Phi) is 4.06. The minimum Gasteiger partial charge on any atom is -0.462 e. The number of hydrogen-bond acceptors (Lipinski definition) is 4. The minimum atomic E-state index is -0.356. The van der Waals surface area contributed by atoms with Crippen LogP contribution in [-0.4, -0.2) is 29.1 Å². The van der Waals surface area contributed by atoms with Gasteiger partial charge in [0.25, 0.3) is 0 Å². The molecular formula is C21H32O4. The number of ether oxygens (including phenoxy) is 1. The molecule has 0 aliphatic heterocycles. The smallest absolute Gasteiger partial charge is 0.302 e. The number of hydrogen-bond donors (Lipinski definition) is 1. The molecule has 0 amide bonds. The van der Waals surface area contributed by atoms with E-state index in [1.165, 1.54) is 6.92 Å². The van der Waals surface area contributed by atoms with E-state index in [0.29, 0.717) is 36.4 Å². The monoisotopic (exact) mass is 348 g/mol. The molecule has 0 spiro atoms. The van der Waals surface area contributed by atoms with Crippen LogP contribution in [-0.2, 0) is 14.3 Å². The van der Waals surface area contributed by atoms with E-state index in [9.17, 15) is 14.7 Å². The molecule has 4 rings (SSSR count). The number of carbonyl (C=O) groups is 2. The zero-order valence-electron chi connectivity index (χ0n) is 15.8. The lowest BCUT2D eigenvalue weighted by atomic mass is 9.44. The molecule has 0 bridgehead atoms. The zero-order chi connectivity index (χ0) is 18.0. The maximum atomic E-state index is 12.0. The Morgan fingerprint density at radius 2 is 1.80 bits per heavy atom. The Morgan fingerprint density at radius 1 is 1.08 bits per heavy atom. The van der Waals surface area contributed by atoms with Crippen LogP contribution in [0.4, 0.5) is 0 Å². The van der Waals surface area contributed by atoms with E-state index < -0.39 is 0 Å². The van der Waals surface area contributed by atoms with E-state index in [-0.39, 0.29) is 34.9 Å². The molecule has 4 saturated carbocycles. The van der Waals surface area contributed by atoms with E-state index in [1.807, 2.05) is 0 Å². The Morgan fingerprint density at radius 3 is 2.52 bits per heavy atom. The van der Waals surface area contributed by atoms with Crippen molar-refractivity contribution in [2.75, 3.05) is 0 Å². The first-order valence-corrected chi connectivity index (χ1v) is 10.1. The van der Waals surface area contributed by atoms with Gasteiger partial charge in [-0.2, -0.15) is 0 Å². The van der Waals surface area contributed by atoms with Gasteiger partial charge in [-0.25, -0.2) is 0 Å². The van der Waals surface area contributed by atoms with Gasteiger partial charge in [0.05, 0.1) is 6.10 Å². The lowest BCUT2D eigenvalue weighted by Gasteiger charge is -2.61. The van der Waals surface area contributed by atoms with E-state index >= 15 is 0 Å². The number of Topliss-reactive ketones (excluding diaryl/α,β-unsaturated/α-hetero) is 1. The van der Waals surface area contributed by atoms with E-state index in [1.54, 1.807) is 0 Å². The lowest BCUT2D eigenvalue weighted by Crippen LogP contribution is -2.58. The average molecular weight is 348 g/mol. The van der Waals surface area contributed by atoms with Crippen molar-refractivity contribution in [3.05, 3.63) is 0 Å². The van der Waals surface area contributed by atoms with Crippen molar-refractivity contribution >= 4 is 11.8 Å². The molecule has 25 heavy (non-hydrogen) atoms. The highest BCUT2D eigenvalue weighted by Crippen LogP contribution is 2.66. The highest BCUT2D eigenvalue weighted by atomic mass is 16.5. The largest absolute Gasteiger partial charge is 0.462 e. The highest BCUT2D eigenvalue weighted by Gasteiger charge is 2.62. The summed E-state index contributed by atoms with van der Waals surface area (Å²) in [4.78, 5) is 23.5. The van der Waals surface area contributed by atoms with Crippen molar-refractivity contribution < 1.29 is 19.4 Å². The summed E-state index contributed by atoms with van der Waals surface area (Å²) < 4.78 is 5.69. The zero-order valence-corrected chi connectivity index (χ0v) is 15.8. The van der Waals surface area contributed by atoms with Crippen molar-refractivity contribution in [3.8, 4) is 0 Å². The molecule has 0 radical (unpaired) electrons. The quantitative estimate of drug-likeness (QED) is 0.737. The van der Waals surface area contributed by atoms with Crippen molar-refractivity contribution in [1.82, 2.24) is 0 Å². The van der Waals surface area contributed by atoms with Crippen molar-refractivity contribution in [2.24, 2.45) is 34.5 Å². The fourth-order valence-corrected chi connectivity index (χ4v) is 7.43. The molecule has 0 unspecified atom stereocenters. The maximum Gasteiger partial charge on any atom is 0.302 e. The fraction of sp³-hybridized carbons (Fsp3) is 0.905. The molecule has 8 atom stereocenters. The predicted molar refractivity (Wildman–Crippen MR) is 93.7 cm³/mol. The highest BCUT2D eigenvalue weighted by molar-refractivity contribution is 5.79. The van der Waals surface area contributed by atoms with Crippen LogP contribution in [0.5, 0.6) is 0 Å². The second-order valence-electron chi connectivity index (χ2n) is 9.75. The normalized spacial score (nSPS) is 52.1. The van der Waals surface area contributed by atoms with Crippen molar-refractivity contribution in [1.29, 1.82) is 0 Å². The predicted octanol–water partition coefficient (Wildman–Crippen LogP) is 3.50. The molecule has 0 aromatic rings. The third kappa shape index (κ3) is 2.50. The van der Waals surface area contributed by atoms with Crippen LogP contribution in [0.3, 0.4) is 0 Å². The Labute approximate surface area is 150 Å². The average Bonchev–Trinajstić information content (AvgIpc) is 2.86. The van der Waals surface area contributed by atoms with Crippen molar-refractivity contribution in [2.45, 2.75) is 84.3 Å². The molecule has 4 heteroatoms. The van der Waals surface area contributed by atoms with Gasteiger partial charge in [0.15, 0.2) is 0 Å². The van der Waals surface area contributed by atoms with Gasteiger partial charge in [0.2, 0.25) is 0 Å². The molecule has 0 saturated heterocycles. The maximum absolute atomic E-state index is 12.0. The summed E-state index contributed by atoms with van der Waals surface area (Å²) >= 11 is 0. The molecule has 0 heterocycles. The minimum absolute atomic E-state index is 0.0338. The van der Waals surface area contributed by atoms with Gasteiger partial charge < -0.3 is 9.84 Å². The van der Waals surface area contributed by atoms with Crippen molar-refractivity contribution in [3.63, 3.8) is 0 Å². The summed E-state index contributed by atoms with van der Waals surface area (Å²) in [6.45, 7) is 6.16. The van der Waals surface area contributed by atoms with Crippen LogP contribution in [0.15, 0.2) is 0 Å². The van der Waals surface area contributed by atoms with Gasteiger partial charge in [-0.05, 0) is 67.6 Å². The Balaban J connectivity index is 1.62. The van der Waals surface area contributed by atoms with Crippen LogP contribution in [0.1, 0.15) is 72.1 Å². The van der Waals surface area contributed by atoms with Crippen LogP contribution >= 0.6 is 0 Å². The summed E-state index contributed by atoms with van der Waals surface area (Å²) in [7, 11) is 0. The van der Waals surface area contributed by atoms with Crippen LogP contribution in [0.25, 0.3) is 0 Å². The van der Waals surface area contributed by atoms with Gasteiger partial charge in [-0.15, -0.1) is 0 Å². The third-order valence-electron chi connectivity index (χ3n) is 8.72. The number of fused-ring (bicyclic) bond motifs is 5. The van der Waals surface area contributed by atoms with E-state index in [4.69, 9.17) is 4.74 Å². The molecule has 0 aromatic heterocycles.